The molecule has 0 radical (unpaired) electrons. The van der Waals surface area contributed by atoms with Gasteiger partial charge < -0.3 is 10.2 Å². The molecule has 0 aromatic carbocycles. The first kappa shape index (κ1) is 40.6. The van der Waals surface area contributed by atoms with Gasteiger partial charge in [0, 0.05) is 18.9 Å². The maximum Gasteiger partial charge on any atom is 0.133 e. The quantitative estimate of drug-likeness (QED) is 0.0771. The number of nitrogens with one attached hydrogen (secondary N) is 1. The summed E-state index contributed by atoms with van der Waals surface area (Å²) in [6.45, 7) is 9.21. The Kier molecular flexibility index (Phi) is 32.2. The van der Waals surface area contributed by atoms with Gasteiger partial charge in [-0.15, -0.1) is 0 Å². The van der Waals surface area contributed by atoms with E-state index in [2.05, 4.69) is 45.1 Å². The maximum atomic E-state index is 12.8. The van der Waals surface area contributed by atoms with E-state index in [0.717, 1.165) is 31.8 Å². The first-order valence-electron chi connectivity index (χ1n) is 18.9. The second-order valence-electron chi connectivity index (χ2n) is 13.5. The molecule has 1 atom stereocenters. The summed E-state index contributed by atoms with van der Waals surface area (Å²) in [5.74, 6) is 1.21. The van der Waals surface area contributed by atoms with Crippen LogP contribution in [0.1, 0.15) is 201 Å². The van der Waals surface area contributed by atoms with Crippen molar-refractivity contribution in [1.82, 2.24) is 10.2 Å². The minimum atomic E-state index is 0.551. The van der Waals surface area contributed by atoms with Gasteiger partial charge in [0.15, 0.2) is 0 Å². The Morgan fingerprint density at radius 2 is 0.976 bits per heavy atom. The van der Waals surface area contributed by atoms with Gasteiger partial charge in [-0.25, -0.2) is 0 Å². The van der Waals surface area contributed by atoms with E-state index >= 15 is 0 Å². The first-order chi connectivity index (χ1) is 20.1. The first-order valence-corrected chi connectivity index (χ1v) is 18.9. The second-order valence-corrected chi connectivity index (χ2v) is 13.5. The summed E-state index contributed by atoms with van der Waals surface area (Å²) in [4.78, 5) is 15.4. The van der Waals surface area contributed by atoms with E-state index in [1.54, 1.807) is 0 Å². The number of carbonyl (C=O) groups is 1. The van der Waals surface area contributed by atoms with Crippen molar-refractivity contribution >= 4 is 5.78 Å². The molecule has 0 aromatic heterocycles. The Balaban J connectivity index is 4.15. The van der Waals surface area contributed by atoms with Gasteiger partial charge in [0.25, 0.3) is 0 Å². The highest BCUT2D eigenvalue weighted by atomic mass is 16.1. The van der Waals surface area contributed by atoms with Crippen molar-refractivity contribution in [2.45, 2.75) is 207 Å². The van der Waals surface area contributed by atoms with Crippen LogP contribution in [0.15, 0.2) is 0 Å². The van der Waals surface area contributed by atoms with Gasteiger partial charge in [-0.3, -0.25) is 4.79 Å². The molecule has 1 N–H and O–H groups in total. The zero-order valence-corrected chi connectivity index (χ0v) is 29.2. The standard InChI is InChI=1S/C38H78N2O/c1-6-9-12-15-16-19-24-30-37(40(5)34-27-33-39-4)31-25-20-17-18-21-26-32-38(41)35-36(28-22-13-10-7-2)29-23-14-11-8-3/h36-37,39H,6-35H2,1-5H3. The molecule has 0 bridgehead atoms. The van der Waals surface area contributed by atoms with Crippen LogP contribution in [0.5, 0.6) is 0 Å². The lowest BCUT2D eigenvalue weighted by atomic mass is 9.89. The maximum absolute atomic E-state index is 12.8. The van der Waals surface area contributed by atoms with E-state index in [0.29, 0.717) is 11.7 Å². The SMILES string of the molecule is CCCCCCCCCC(CCCCCCCCC(=O)CC(CCCCCC)CCCCCC)N(C)CCCNC. The number of hydrogen-bond acceptors (Lipinski definition) is 3. The Bertz CT molecular complexity index is 510. The average molecular weight is 579 g/mol. The molecule has 3 nitrogen and oxygen atoms in total. The fraction of sp³-hybridized carbons (Fsp3) is 0.974. The molecular formula is C38H78N2O. The van der Waals surface area contributed by atoms with Crippen LogP contribution in [0.4, 0.5) is 0 Å². The van der Waals surface area contributed by atoms with Crippen LogP contribution in [0, 0.1) is 5.92 Å². The molecule has 246 valence electrons. The van der Waals surface area contributed by atoms with Crippen LogP contribution in [-0.2, 0) is 4.79 Å². The Morgan fingerprint density at radius 3 is 1.46 bits per heavy atom. The minimum absolute atomic E-state index is 0.551. The lowest BCUT2D eigenvalue weighted by Crippen LogP contribution is -2.33. The van der Waals surface area contributed by atoms with E-state index in [4.69, 9.17) is 0 Å². The van der Waals surface area contributed by atoms with Gasteiger partial charge in [-0.05, 0) is 58.8 Å². The zero-order valence-electron chi connectivity index (χ0n) is 29.2. The molecule has 0 rings (SSSR count). The van der Waals surface area contributed by atoms with Crippen molar-refractivity contribution in [1.29, 1.82) is 0 Å². The third-order valence-electron chi connectivity index (χ3n) is 9.39. The Hall–Kier alpha value is -0.410. The van der Waals surface area contributed by atoms with Crippen molar-refractivity contribution < 1.29 is 4.79 Å². The van der Waals surface area contributed by atoms with Gasteiger partial charge in [-0.1, -0.05) is 162 Å². The summed E-state index contributed by atoms with van der Waals surface area (Å²) in [5, 5.41) is 3.31. The van der Waals surface area contributed by atoms with E-state index in [1.165, 1.54) is 167 Å². The summed E-state index contributed by atoms with van der Waals surface area (Å²) in [6, 6.07) is 0.761. The van der Waals surface area contributed by atoms with Crippen molar-refractivity contribution in [3.8, 4) is 0 Å². The number of ketones is 1. The van der Waals surface area contributed by atoms with E-state index in [9.17, 15) is 4.79 Å². The molecule has 3 heteroatoms. The number of unbranched alkanes of at least 4 members (excludes halogenated alkanes) is 17. The lowest BCUT2D eigenvalue weighted by Gasteiger charge is -2.28. The van der Waals surface area contributed by atoms with Gasteiger partial charge >= 0.3 is 0 Å². The summed E-state index contributed by atoms with van der Waals surface area (Å²) in [7, 11) is 4.42. The molecule has 0 aliphatic carbocycles. The molecule has 0 saturated carbocycles. The van der Waals surface area contributed by atoms with E-state index in [1.807, 2.05) is 0 Å². The van der Waals surface area contributed by atoms with Crippen molar-refractivity contribution in [2.24, 2.45) is 5.92 Å². The number of rotatable bonds is 34. The fourth-order valence-electron chi connectivity index (χ4n) is 6.51. The number of hydrogen-bond donors (Lipinski definition) is 1. The molecule has 0 fully saturated rings. The Morgan fingerprint density at radius 1 is 0.561 bits per heavy atom. The van der Waals surface area contributed by atoms with Crippen molar-refractivity contribution in [2.75, 3.05) is 27.2 Å². The largest absolute Gasteiger partial charge is 0.320 e. The van der Waals surface area contributed by atoms with Gasteiger partial charge in [0.05, 0.1) is 0 Å². The average Bonchev–Trinajstić information content (AvgIpc) is 2.97. The third kappa shape index (κ3) is 28.1. The summed E-state index contributed by atoms with van der Waals surface area (Å²) >= 11 is 0. The fourth-order valence-corrected chi connectivity index (χ4v) is 6.51. The highest BCUT2D eigenvalue weighted by molar-refractivity contribution is 5.78. The summed E-state index contributed by atoms with van der Waals surface area (Å²) in [5.41, 5.74) is 0. The monoisotopic (exact) mass is 579 g/mol. The predicted octanol–water partition coefficient (Wildman–Crippen LogP) is 11.7. The number of Topliss-reactive ketones (excluding diaryl/α,β-unsaturated/α-hetero) is 1. The normalized spacial score (nSPS) is 12.6. The molecule has 0 amide bonds. The molecule has 0 aliphatic rings. The van der Waals surface area contributed by atoms with Crippen molar-refractivity contribution in [3.05, 3.63) is 0 Å². The lowest BCUT2D eigenvalue weighted by molar-refractivity contribution is -0.120. The predicted molar refractivity (Wildman–Crippen MR) is 185 cm³/mol. The van der Waals surface area contributed by atoms with Crippen LogP contribution >= 0.6 is 0 Å². The minimum Gasteiger partial charge on any atom is -0.320 e. The summed E-state index contributed by atoms with van der Waals surface area (Å²) < 4.78 is 0. The molecule has 0 aliphatic heterocycles. The van der Waals surface area contributed by atoms with E-state index in [-0.39, 0.29) is 0 Å². The van der Waals surface area contributed by atoms with Gasteiger partial charge in [0.2, 0.25) is 0 Å². The van der Waals surface area contributed by atoms with E-state index < -0.39 is 0 Å². The molecule has 0 spiro atoms. The molecule has 0 aromatic rings. The van der Waals surface area contributed by atoms with Crippen LogP contribution < -0.4 is 5.32 Å². The Labute approximate surface area is 260 Å². The number of carbonyl (C=O) groups excluding carboxylic acids is 1. The number of nitrogens with zero attached hydrogens (tertiary/aromatic N) is 1. The van der Waals surface area contributed by atoms with Crippen LogP contribution in [-0.4, -0.2) is 43.9 Å². The van der Waals surface area contributed by atoms with Crippen LogP contribution in [0.25, 0.3) is 0 Å². The zero-order chi connectivity index (χ0) is 30.2. The topological polar surface area (TPSA) is 32.3 Å². The molecule has 0 saturated heterocycles. The molecular weight excluding hydrogens is 500 g/mol. The van der Waals surface area contributed by atoms with Crippen LogP contribution in [0.3, 0.4) is 0 Å². The molecule has 1 unspecified atom stereocenters. The molecule has 0 heterocycles. The van der Waals surface area contributed by atoms with Crippen LogP contribution in [0.2, 0.25) is 0 Å². The molecule has 41 heavy (non-hydrogen) atoms. The van der Waals surface area contributed by atoms with Crippen molar-refractivity contribution in [3.63, 3.8) is 0 Å². The highest BCUT2D eigenvalue weighted by Crippen LogP contribution is 2.23. The second kappa shape index (κ2) is 32.5. The smallest absolute Gasteiger partial charge is 0.133 e. The van der Waals surface area contributed by atoms with Gasteiger partial charge in [0.1, 0.15) is 5.78 Å². The summed E-state index contributed by atoms with van der Waals surface area (Å²) in [6.07, 6.45) is 36.5. The highest BCUT2D eigenvalue weighted by Gasteiger charge is 2.15. The third-order valence-corrected chi connectivity index (χ3v) is 9.39. The van der Waals surface area contributed by atoms with Gasteiger partial charge in [-0.2, -0.15) is 0 Å².